The summed E-state index contributed by atoms with van der Waals surface area (Å²) >= 11 is 0. The van der Waals surface area contributed by atoms with Gasteiger partial charge in [0.25, 0.3) is 0 Å². The second-order valence-corrected chi connectivity index (χ2v) is 4.63. The van der Waals surface area contributed by atoms with Crippen LogP contribution in [0.3, 0.4) is 0 Å². The fourth-order valence-corrected chi connectivity index (χ4v) is 1.16. The van der Waals surface area contributed by atoms with E-state index in [4.69, 9.17) is 0 Å². The Balaban J connectivity index is 0. The van der Waals surface area contributed by atoms with E-state index in [0.717, 1.165) is 12.8 Å². The normalized spacial score (nSPS) is 12.9. The molecule has 2 nitrogen and oxygen atoms in total. The van der Waals surface area contributed by atoms with Crippen LogP contribution >= 0.6 is 0 Å². The number of ketones is 2. The third-order valence-electron chi connectivity index (χ3n) is 2.07. The predicted molar refractivity (Wildman–Crippen MR) is 53.5 cm³/mol. The summed E-state index contributed by atoms with van der Waals surface area (Å²) < 4.78 is 0. The van der Waals surface area contributed by atoms with Crippen LogP contribution in [0.5, 0.6) is 0 Å². The number of carbonyl (C=O) groups excluding carboxylic acids is 2. The van der Waals surface area contributed by atoms with E-state index >= 15 is 0 Å². The van der Waals surface area contributed by atoms with Gasteiger partial charge in [-0.1, -0.05) is 41.0 Å². The van der Waals surface area contributed by atoms with Crippen molar-refractivity contribution < 1.29 is 26.7 Å². The molecule has 84 valence electrons. The summed E-state index contributed by atoms with van der Waals surface area (Å²) in [5, 5.41) is 0. The largest absolute Gasteiger partial charge is 0.291 e. The zero-order chi connectivity index (χ0) is 10.6. The molecular formula is C11H20FeO2. The molecule has 0 rings (SSSR count). The molecule has 0 bridgehead atoms. The third-order valence-corrected chi connectivity index (χ3v) is 2.07. The Morgan fingerprint density at radius 1 is 1.21 bits per heavy atom. The Hall–Kier alpha value is -0.141. The van der Waals surface area contributed by atoms with Crippen molar-refractivity contribution in [2.24, 2.45) is 11.3 Å². The Morgan fingerprint density at radius 3 is 1.93 bits per heavy atom. The van der Waals surface area contributed by atoms with E-state index in [-0.39, 0.29) is 34.6 Å². The molecule has 14 heavy (non-hydrogen) atoms. The van der Waals surface area contributed by atoms with Crippen LogP contribution in [0.25, 0.3) is 0 Å². The van der Waals surface area contributed by atoms with Gasteiger partial charge in [0.15, 0.2) is 0 Å². The van der Waals surface area contributed by atoms with Crippen molar-refractivity contribution in [3.05, 3.63) is 0 Å². The molecule has 0 aliphatic carbocycles. The van der Waals surface area contributed by atoms with Crippen LogP contribution in [0.4, 0.5) is 0 Å². The van der Waals surface area contributed by atoms with E-state index in [0.29, 0.717) is 0 Å². The molecule has 0 aromatic heterocycles. The fraction of sp³-hybridized carbons (Fsp3) is 0.818. The van der Waals surface area contributed by atoms with E-state index < -0.39 is 5.41 Å². The van der Waals surface area contributed by atoms with E-state index in [2.05, 4.69) is 0 Å². The summed E-state index contributed by atoms with van der Waals surface area (Å²) in [6.45, 7) is 9.20. The molecule has 1 atom stereocenters. The van der Waals surface area contributed by atoms with Crippen LogP contribution < -0.4 is 0 Å². The molecule has 0 fully saturated rings. The first-order valence-corrected chi connectivity index (χ1v) is 4.89. The van der Waals surface area contributed by atoms with E-state index in [1.54, 1.807) is 20.8 Å². The van der Waals surface area contributed by atoms with Crippen molar-refractivity contribution >= 4 is 11.6 Å². The van der Waals surface area contributed by atoms with Crippen molar-refractivity contribution in [2.75, 3.05) is 0 Å². The Morgan fingerprint density at radius 2 is 1.64 bits per heavy atom. The van der Waals surface area contributed by atoms with Crippen LogP contribution in [-0.2, 0) is 26.7 Å². The zero-order valence-electron chi connectivity index (χ0n) is 9.66. The number of rotatable bonds is 4. The fourth-order valence-electron chi connectivity index (χ4n) is 1.16. The second kappa shape index (κ2) is 6.36. The SMILES string of the molecule is CCCC(C)C(=O)C(=O)C(C)(C)C.[Fe]. The molecule has 0 spiro atoms. The Labute approximate surface area is 97.3 Å². The maximum atomic E-state index is 11.5. The zero-order valence-corrected chi connectivity index (χ0v) is 10.8. The molecule has 0 saturated carbocycles. The standard InChI is InChI=1S/C11H20O2.Fe/c1-6-7-8(2)9(12)10(13)11(3,4)5;/h8H,6-7H2,1-5H3;. The van der Waals surface area contributed by atoms with Crippen LogP contribution in [0.15, 0.2) is 0 Å². The van der Waals surface area contributed by atoms with E-state index in [1.165, 1.54) is 0 Å². The number of Topliss-reactive ketones (excluding diaryl/α,β-unsaturated/α-hetero) is 2. The second-order valence-electron chi connectivity index (χ2n) is 4.63. The number of hydrogen-bond donors (Lipinski definition) is 0. The monoisotopic (exact) mass is 240 g/mol. The van der Waals surface area contributed by atoms with Gasteiger partial charge in [0.1, 0.15) is 0 Å². The first-order valence-electron chi connectivity index (χ1n) is 4.89. The minimum Gasteiger partial charge on any atom is -0.291 e. The van der Waals surface area contributed by atoms with Crippen molar-refractivity contribution in [3.8, 4) is 0 Å². The van der Waals surface area contributed by atoms with Gasteiger partial charge in [-0.25, -0.2) is 0 Å². The number of carbonyl (C=O) groups is 2. The van der Waals surface area contributed by atoms with Gasteiger partial charge in [-0.3, -0.25) is 9.59 Å². The Kier molecular flexibility index (Phi) is 7.41. The summed E-state index contributed by atoms with van der Waals surface area (Å²) in [7, 11) is 0. The third kappa shape index (κ3) is 4.92. The van der Waals surface area contributed by atoms with Crippen molar-refractivity contribution in [3.63, 3.8) is 0 Å². The minimum absolute atomic E-state index is 0. The van der Waals surface area contributed by atoms with Gasteiger partial charge < -0.3 is 0 Å². The molecule has 1 unspecified atom stereocenters. The summed E-state index contributed by atoms with van der Waals surface area (Å²) in [6.07, 6.45) is 1.75. The van der Waals surface area contributed by atoms with Gasteiger partial charge >= 0.3 is 0 Å². The minimum atomic E-state index is -0.529. The molecule has 0 N–H and O–H groups in total. The maximum Gasteiger partial charge on any atom is 0.203 e. The van der Waals surface area contributed by atoms with Gasteiger partial charge in [0.05, 0.1) is 0 Å². The van der Waals surface area contributed by atoms with Crippen molar-refractivity contribution in [1.29, 1.82) is 0 Å². The molecule has 0 saturated heterocycles. The van der Waals surface area contributed by atoms with Crippen LogP contribution in [0.2, 0.25) is 0 Å². The van der Waals surface area contributed by atoms with Gasteiger partial charge in [0.2, 0.25) is 11.6 Å². The van der Waals surface area contributed by atoms with Crippen LogP contribution in [0, 0.1) is 11.3 Å². The van der Waals surface area contributed by atoms with Gasteiger partial charge in [-0.05, 0) is 6.42 Å². The summed E-state index contributed by atoms with van der Waals surface area (Å²) in [5.74, 6) is -0.570. The molecule has 0 aliphatic heterocycles. The molecule has 0 amide bonds. The summed E-state index contributed by atoms with van der Waals surface area (Å²) in [4.78, 5) is 23.1. The van der Waals surface area contributed by atoms with Crippen LogP contribution in [-0.4, -0.2) is 11.6 Å². The summed E-state index contributed by atoms with van der Waals surface area (Å²) in [5.41, 5.74) is -0.529. The predicted octanol–water partition coefficient (Wildman–Crippen LogP) is 2.60. The average molecular weight is 240 g/mol. The number of hydrogen-bond acceptors (Lipinski definition) is 2. The average Bonchev–Trinajstić information content (AvgIpc) is 2.00. The first-order chi connectivity index (χ1) is 5.80. The Bertz CT molecular complexity index is 204. The van der Waals surface area contributed by atoms with E-state index in [9.17, 15) is 9.59 Å². The van der Waals surface area contributed by atoms with Crippen molar-refractivity contribution in [2.45, 2.75) is 47.5 Å². The maximum absolute atomic E-state index is 11.5. The molecule has 3 heteroatoms. The smallest absolute Gasteiger partial charge is 0.203 e. The molecule has 0 aliphatic rings. The molecule has 0 aromatic rings. The topological polar surface area (TPSA) is 34.1 Å². The molecule has 0 radical (unpaired) electrons. The molecular weight excluding hydrogens is 220 g/mol. The summed E-state index contributed by atoms with van der Waals surface area (Å²) in [6, 6.07) is 0. The molecule has 0 heterocycles. The van der Waals surface area contributed by atoms with E-state index in [1.807, 2.05) is 13.8 Å². The van der Waals surface area contributed by atoms with Crippen molar-refractivity contribution in [1.82, 2.24) is 0 Å². The van der Waals surface area contributed by atoms with Gasteiger partial charge in [-0.2, -0.15) is 0 Å². The van der Waals surface area contributed by atoms with Gasteiger partial charge in [0, 0.05) is 28.4 Å². The van der Waals surface area contributed by atoms with Crippen LogP contribution in [0.1, 0.15) is 47.5 Å². The molecule has 0 aromatic carbocycles. The quantitative estimate of drug-likeness (QED) is 0.559. The van der Waals surface area contributed by atoms with Gasteiger partial charge in [-0.15, -0.1) is 0 Å². The first kappa shape index (κ1) is 16.3.